The van der Waals surface area contributed by atoms with Gasteiger partial charge in [-0.1, -0.05) is 41.5 Å². The van der Waals surface area contributed by atoms with Crippen LogP contribution in [0.1, 0.15) is 65.7 Å². The van der Waals surface area contributed by atoms with Gasteiger partial charge in [-0.15, -0.1) is 0 Å². The number of aldehydes is 1. The van der Waals surface area contributed by atoms with Crippen LogP contribution in [0.25, 0.3) is 0 Å². The van der Waals surface area contributed by atoms with Crippen molar-refractivity contribution in [3.8, 4) is 0 Å². The van der Waals surface area contributed by atoms with Crippen molar-refractivity contribution in [3.63, 3.8) is 0 Å². The molecule has 0 saturated heterocycles. The first kappa shape index (κ1) is 17.7. The minimum Gasteiger partial charge on any atom is -0.298 e. The van der Waals surface area contributed by atoms with Gasteiger partial charge in [0.1, 0.15) is 6.29 Å². The van der Waals surface area contributed by atoms with Crippen molar-refractivity contribution in [2.75, 3.05) is 0 Å². The Balaban J connectivity index is 2.82. The predicted molar refractivity (Wildman–Crippen MR) is 92.3 cm³/mol. The Morgan fingerprint density at radius 2 is 1.52 bits per heavy atom. The van der Waals surface area contributed by atoms with E-state index in [0.29, 0.717) is 5.92 Å². The molecule has 0 saturated carbocycles. The zero-order valence-corrected chi connectivity index (χ0v) is 14.0. The van der Waals surface area contributed by atoms with Crippen molar-refractivity contribution in [2.45, 2.75) is 65.7 Å². The van der Waals surface area contributed by atoms with E-state index in [4.69, 9.17) is 0 Å². The Hall–Kier alpha value is -1.37. The molecule has 0 aromatic heterocycles. The van der Waals surface area contributed by atoms with Crippen LogP contribution < -0.4 is 0 Å². The van der Waals surface area contributed by atoms with Crippen molar-refractivity contribution in [2.24, 2.45) is 5.92 Å². The van der Waals surface area contributed by atoms with E-state index in [-0.39, 0.29) is 0 Å². The highest BCUT2D eigenvalue weighted by molar-refractivity contribution is 5.72. The second-order valence-electron chi connectivity index (χ2n) is 6.39. The molecular weight excluding hydrogens is 256 g/mol. The molecule has 0 N–H and O–H groups in total. The molecular formula is C20H30O. The maximum atomic E-state index is 11.0. The highest BCUT2D eigenvalue weighted by Crippen LogP contribution is 2.24. The van der Waals surface area contributed by atoms with E-state index in [0.717, 1.165) is 56.8 Å². The van der Waals surface area contributed by atoms with Gasteiger partial charge in [-0.25, -0.2) is 0 Å². The van der Waals surface area contributed by atoms with Crippen LogP contribution in [0.2, 0.25) is 0 Å². The minimum atomic E-state index is 0.293. The average Bonchev–Trinajstić information content (AvgIpc) is 2.45. The first-order chi connectivity index (χ1) is 10.0. The van der Waals surface area contributed by atoms with Crippen LogP contribution in [-0.4, -0.2) is 6.29 Å². The smallest absolute Gasteiger partial charge is 0.145 e. The summed E-state index contributed by atoms with van der Waals surface area (Å²) in [5.74, 6) is 0.293. The van der Waals surface area contributed by atoms with Gasteiger partial charge in [-0.3, -0.25) is 4.79 Å². The maximum absolute atomic E-state index is 11.0. The molecule has 1 aliphatic carbocycles. The second-order valence-corrected chi connectivity index (χ2v) is 6.39. The van der Waals surface area contributed by atoms with E-state index >= 15 is 0 Å². The molecule has 0 unspecified atom stereocenters. The average molecular weight is 286 g/mol. The summed E-state index contributed by atoms with van der Waals surface area (Å²) in [5.41, 5.74) is 5.10. The fraction of sp³-hybridized carbons (Fsp3) is 0.550. The summed E-state index contributed by atoms with van der Waals surface area (Å²) in [6.45, 7) is 10.6. The Labute approximate surface area is 130 Å². The molecule has 1 atom stereocenters. The molecule has 1 nitrogen and oxygen atoms in total. The monoisotopic (exact) mass is 286 g/mol. The summed E-state index contributed by atoms with van der Waals surface area (Å²) in [6.07, 6.45) is 15.5. The number of hydrogen-bond donors (Lipinski definition) is 0. The van der Waals surface area contributed by atoms with Crippen LogP contribution in [0, 0.1) is 5.92 Å². The minimum absolute atomic E-state index is 0.293. The van der Waals surface area contributed by atoms with Gasteiger partial charge in [0.25, 0.3) is 0 Å². The van der Waals surface area contributed by atoms with Gasteiger partial charge >= 0.3 is 0 Å². The van der Waals surface area contributed by atoms with Gasteiger partial charge < -0.3 is 0 Å². The van der Waals surface area contributed by atoms with Crippen molar-refractivity contribution in [1.29, 1.82) is 0 Å². The maximum Gasteiger partial charge on any atom is 0.145 e. The first-order valence-corrected chi connectivity index (χ1v) is 8.13. The lowest BCUT2D eigenvalue weighted by Crippen LogP contribution is -2.04. The van der Waals surface area contributed by atoms with Crippen LogP contribution >= 0.6 is 0 Å². The van der Waals surface area contributed by atoms with Gasteiger partial charge in [-0.2, -0.15) is 0 Å². The normalized spacial score (nSPS) is 22.4. The third kappa shape index (κ3) is 7.27. The summed E-state index contributed by atoms with van der Waals surface area (Å²) in [7, 11) is 0. The number of carbonyl (C=O) groups is 1. The lowest BCUT2D eigenvalue weighted by atomic mass is 9.89. The lowest BCUT2D eigenvalue weighted by molar-refractivity contribution is -0.105. The van der Waals surface area contributed by atoms with E-state index in [9.17, 15) is 4.79 Å². The molecule has 0 amide bonds. The molecule has 1 aliphatic rings. The Bertz CT molecular complexity index is 448. The highest BCUT2D eigenvalue weighted by atomic mass is 16.1. The zero-order chi connectivity index (χ0) is 15.7. The molecule has 0 aromatic carbocycles. The van der Waals surface area contributed by atoms with Crippen LogP contribution in [-0.2, 0) is 4.79 Å². The van der Waals surface area contributed by atoms with Crippen LogP contribution in [0.15, 0.2) is 47.1 Å². The van der Waals surface area contributed by atoms with Crippen LogP contribution in [0.5, 0.6) is 0 Å². The fourth-order valence-corrected chi connectivity index (χ4v) is 2.69. The predicted octanol–water partition coefficient (Wildman–Crippen LogP) is 5.94. The fourth-order valence-electron chi connectivity index (χ4n) is 2.69. The van der Waals surface area contributed by atoms with Crippen molar-refractivity contribution in [1.82, 2.24) is 0 Å². The van der Waals surface area contributed by atoms with Gasteiger partial charge in [0.2, 0.25) is 0 Å². The quantitative estimate of drug-likeness (QED) is 0.349. The Morgan fingerprint density at radius 1 is 1.00 bits per heavy atom. The molecule has 21 heavy (non-hydrogen) atoms. The molecule has 0 aliphatic heterocycles. The van der Waals surface area contributed by atoms with E-state index in [1.165, 1.54) is 16.7 Å². The van der Waals surface area contributed by atoms with Crippen molar-refractivity contribution >= 4 is 6.29 Å². The Kier molecular flexibility index (Phi) is 8.04. The number of hydrogen-bond acceptors (Lipinski definition) is 1. The molecule has 0 bridgehead atoms. The molecule has 0 heterocycles. The molecule has 116 valence electrons. The molecule has 0 fully saturated rings. The number of carbonyl (C=O) groups excluding carboxylic acids is 1. The third-order valence-electron chi connectivity index (χ3n) is 4.38. The summed E-state index contributed by atoms with van der Waals surface area (Å²) >= 11 is 0. The summed E-state index contributed by atoms with van der Waals surface area (Å²) in [4.78, 5) is 11.0. The number of allylic oxidation sites excluding steroid dienone is 7. The molecule has 0 radical (unpaired) electrons. The van der Waals surface area contributed by atoms with Crippen molar-refractivity contribution < 1.29 is 4.79 Å². The summed E-state index contributed by atoms with van der Waals surface area (Å²) < 4.78 is 0. The van der Waals surface area contributed by atoms with Crippen molar-refractivity contribution in [3.05, 3.63) is 47.1 Å². The lowest BCUT2D eigenvalue weighted by Gasteiger charge is -2.15. The molecule has 0 spiro atoms. The highest BCUT2D eigenvalue weighted by Gasteiger charge is 2.11. The molecule has 0 aromatic rings. The Morgan fingerprint density at radius 3 is 2.10 bits per heavy atom. The van der Waals surface area contributed by atoms with Gasteiger partial charge in [0.15, 0.2) is 0 Å². The topological polar surface area (TPSA) is 17.1 Å². The third-order valence-corrected chi connectivity index (χ3v) is 4.38. The molecule has 1 rings (SSSR count). The summed E-state index contributed by atoms with van der Waals surface area (Å²) in [5, 5.41) is 0. The van der Waals surface area contributed by atoms with Crippen LogP contribution in [0.3, 0.4) is 0 Å². The molecule has 1 heteroatoms. The first-order valence-electron chi connectivity index (χ1n) is 8.13. The van der Waals surface area contributed by atoms with Gasteiger partial charge in [-0.05, 0) is 77.2 Å². The zero-order valence-electron chi connectivity index (χ0n) is 14.0. The summed E-state index contributed by atoms with van der Waals surface area (Å²) in [6, 6.07) is 0. The van der Waals surface area contributed by atoms with E-state index in [2.05, 4.69) is 45.6 Å². The standard InChI is InChI=1S/C20H30O/c1-16-7-5-9-17(2)11-13-20(19(4)15-21)14-12-18(3)10-6-8-16/h7,10-11,15,20H,4-6,8-9,12-14H2,1-3H3/t20-/m0/s1. The largest absolute Gasteiger partial charge is 0.298 e. The van der Waals surface area contributed by atoms with Gasteiger partial charge in [0, 0.05) is 0 Å². The van der Waals surface area contributed by atoms with E-state index < -0.39 is 0 Å². The van der Waals surface area contributed by atoms with E-state index in [1.54, 1.807) is 0 Å². The van der Waals surface area contributed by atoms with Gasteiger partial charge in [0.05, 0.1) is 0 Å². The SMILES string of the molecule is C=C(C=O)[C@H]1CC=C(C)CCC=C(C)CCC=C(C)CC1. The number of rotatable bonds is 2. The second kappa shape index (κ2) is 9.55. The van der Waals surface area contributed by atoms with E-state index in [1.807, 2.05) is 0 Å². The van der Waals surface area contributed by atoms with Crippen LogP contribution in [0.4, 0.5) is 0 Å².